The SMILES string of the molecule is COc1ccc(NC(=O)c2sccc2Br)cc1Br. The summed E-state index contributed by atoms with van der Waals surface area (Å²) in [5, 5.41) is 4.70. The van der Waals surface area contributed by atoms with E-state index in [9.17, 15) is 4.79 Å². The first kappa shape index (κ1) is 13.6. The van der Waals surface area contributed by atoms with E-state index in [1.54, 1.807) is 25.3 Å². The normalized spacial score (nSPS) is 10.2. The van der Waals surface area contributed by atoms with Gasteiger partial charge in [-0.3, -0.25) is 4.79 Å². The lowest BCUT2D eigenvalue weighted by Crippen LogP contribution is -2.10. The van der Waals surface area contributed by atoms with Crippen molar-refractivity contribution in [3.8, 4) is 5.75 Å². The predicted octanol–water partition coefficient (Wildman–Crippen LogP) is 4.53. The molecule has 6 heteroatoms. The summed E-state index contributed by atoms with van der Waals surface area (Å²) < 4.78 is 6.73. The largest absolute Gasteiger partial charge is 0.496 e. The molecular weight excluding hydrogens is 382 g/mol. The molecule has 1 aromatic carbocycles. The van der Waals surface area contributed by atoms with Crippen LogP contribution in [0.15, 0.2) is 38.6 Å². The molecule has 0 saturated carbocycles. The standard InChI is InChI=1S/C12H9Br2NO2S/c1-17-10-3-2-7(6-9(10)14)15-12(16)11-8(13)4-5-18-11/h2-6H,1H3,(H,15,16). The fourth-order valence-electron chi connectivity index (χ4n) is 1.39. The summed E-state index contributed by atoms with van der Waals surface area (Å²) in [5.41, 5.74) is 0.716. The lowest BCUT2D eigenvalue weighted by atomic mass is 10.3. The summed E-state index contributed by atoms with van der Waals surface area (Å²) in [6.07, 6.45) is 0. The van der Waals surface area contributed by atoms with Crippen molar-refractivity contribution in [2.24, 2.45) is 0 Å². The van der Waals surface area contributed by atoms with Crippen LogP contribution in [-0.4, -0.2) is 13.0 Å². The smallest absolute Gasteiger partial charge is 0.266 e. The van der Waals surface area contributed by atoms with Gasteiger partial charge in [0.15, 0.2) is 0 Å². The number of carbonyl (C=O) groups is 1. The van der Waals surface area contributed by atoms with Crippen molar-refractivity contribution in [2.45, 2.75) is 0 Å². The van der Waals surface area contributed by atoms with Crippen LogP contribution in [0, 0.1) is 0 Å². The molecule has 1 N–H and O–H groups in total. The third-order valence-corrected chi connectivity index (χ3v) is 4.69. The number of thiophene rings is 1. The van der Waals surface area contributed by atoms with Gasteiger partial charge in [-0.1, -0.05) is 0 Å². The maximum atomic E-state index is 12.0. The van der Waals surface area contributed by atoms with Crippen LogP contribution >= 0.6 is 43.2 Å². The number of hydrogen-bond donors (Lipinski definition) is 1. The molecule has 0 aliphatic heterocycles. The number of hydrogen-bond acceptors (Lipinski definition) is 3. The molecule has 0 aliphatic carbocycles. The van der Waals surface area contributed by atoms with E-state index < -0.39 is 0 Å². The molecule has 0 aliphatic rings. The number of anilines is 1. The number of nitrogens with one attached hydrogen (secondary N) is 1. The molecule has 1 heterocycles. The molecule has 0 atom stereocenters. The molecule has 1 amide bonds. The third kappa shape index (κ3) is 2.93. The topological polar surface area (TPSA) is 38.3 Å². The number of amides is 1. The van der Waals surface area contributed by atoms with Crippen molar-refractivity contribution >= 4 is 54.8 Å². The van der Waals surface area contributed by atoms with Crippen LogP contribution in [0.25, 0.3) is 0 Å². The zero-order valence-electron chi connectivity index (χ0n) is 9.37. The van der Waals surface area contributed by atoms with E-state index in [1.807, 2.05) is 11.4 Å². The summed E-state index contributed by atoms with van der Waals surface area (Å²) in [5.74, 6) is 0.597. The number of carbonyl (C=O) groups excluding carboxylic acids is 1. The summed E-state index contributed by atoms with van der Waals surface area (Å²) in [6, 6.07) is 7.24. The van der Waals surface area contributed by atoms with Crippen LogP contribution in [0.2, 0.25) is 0 Å². The van der Waals surface area contributed by atoms with Crippen LogP contribution < -0.4 is 10.1 Å². The van der Waals surface area contributed by atoms with Gasteiger partial charge in [-0.25, -0.2) is 0 Å². The molecule has 0 fully saturated rings. The molecule has 94 valence electrons. The van der Waals surface area contributed by atoms with Gasteiger partial charge in [-0.15, -0.1) is 11.3 Å². The Labute approximate surface area is 125 Å². The quantitative estimate of drug-likeness (QED) is 0.835. The number of halogens is 2. The predicted molar refractivity (Wildman–Crippen MR) is 80.7 cm³/mol. The van der Waals surface area contributed by atoms with Gasteiger partial charge in [0.1, 0.15) is 10.6 Å². The molecule has 0 saturated heterocycles. The molecule has 0 unspecified atom stereocenters. The highest BCUT2D eigenvalue weighted by atomic mass is 79.9. The van der Waals surface area contributed by atoms with Crippen molar-refractivity contribution in [2.75, 3.05) is 12.4 Å². The van der Waals surface area contributed by atoms with E-state index in [-0.39, 0.29) is 5.91 Å². The van der Waals surface area contributed by atoms with Gasteiger partial charge in [0.25, 0.3) is 5.91 Å². The average Bonchev–Trinajstić information content (AvgIpc) is 2.76. The lowest BCUT2D eigenvalue weighted by Gasteiger charge is -2.07. The second-order valence-electron chi connectivity index (χ2n) is 3.40. The summed E-state index contributed by atoms with van der Waals surface area (Å²) >= 11 is 8.11. The Kier molecular flexibility index (Phi) is 4.42. The van der Waals surface area contributed by atoms with Gasteiger partial charge >= 0.3 is 0 Å². The minimum Gasteiger partial charge on any atom is -0.496 e. The zero-order valence-corrected chi connectivity index (χ0v) is 13.4. The minimum atomic E-state index is -0.131. The first-order chi connectivity index (χ1) is 8.61. The Morgan fingerprint density at radius 1 is 1.28 bits per heavy atom. The maximum Gasteiger partial charge on any atom is 0.266 e. The van der Waals surface area contributed by atoms with Crippen LogP contribution in [0.5, 0.6) is 5.75 Å². The van der Waals surface area contributed by atoms with Crippen LogP contribution in [-0.2, 0) is 0 Å². The van der Waals surface area contributed by atoms with Gasteiger partial charge in [0.05, 0.1) is 11.6 Å². The van der Waals surface area contributed by atoms with Crippen molar-refractivity contribution in [3.05, 3.63) is 43.5 Å². The fraction of sp³-hybridized carbons (Fsp3) is 0.0833. The van der Waals surface area contributed by atoms with Gasteiger partial charge in [0.2, 0.25) is 0 Å². The average molecular weight is 391 g/mol. The Morgan fingerprint density at radius 3 is 2.61 bits per heavy atom. The Hall–Kier alpha value is -0.850. The van der Waals surface area contributed by atoms with E-state index in [0.717, 1.165) is 14.7 Å². The highest BCUT2D eigenvalue weighted by Gasteiger charge is 2.12. The van der Waals surface area contributed by atoms with E-state index in [0.29, 0.717) is 10.6 Å². The van der Waals surface area contributed by atoms with Crippen molar-refractivity contribution in [1.82, 2.24) is 0 Å². The Balaban J connectivity index is 2.17. The van der Waals surface area contributed by atoms with Crippen LogP contribution in [0.1, 0.15) is 9.67 Å². The molecule has 3 nitrogen and oxygen atoms in total. The zero-order chi connectivity index (χ0) is 13.1. The first-order valence-corrected chi connectivity index (χ1v) is 7.46. The highest BCUT2D eigenvalue weighted by Crippen LogP contribution is 2.29. The fourth-order valence-corrected chi connectivity index (χ4v) is 3.37. The maximum absolute atomic E-state index is 12.0. The van der Waals surface area contributed by atoms with E-state index in [4.69, 9.17) is 4.74 Å². The molecule has 0 bridgehead atoms. The van der Waals surface area contributed by atoms with Crippen LogP contribution in [0.4, 0.5) is 5.69 Å². The second kappa shape index (κ2) is 5.86. The van der Waals surface area contributed by atoms with Crippen molar-refractivity contribution in [1.29, 1.82) is 0 Å². The molecule has 0 spiro atoms. The summed E-state index contributed by atoms with van der Waals surface area (Å²) in [4.78, 5) is 12.6. The number of benzene rings is 1. The highest BCUT2D eigenvalue weighted by molar-refractivity contribution is 9.11. The summed E-state index contributed by atoms with van der Waals surface area (Å²) in [7, 11) is 1.60. The van der Waals surface area contributed by atoms with Crippen molar-refractivity contribution in [3.63, 3.8) is 0 Å². The van der Waals surface area contributed by atoms with Crippen LogP contribution in [0.3, 0.4) is 0 Å². The first-order valence-electron chi connectivity index (χ1n) is 4.99. The number of ether oxygens (including phenoxy) is 1. The Morgan fingerprint density at radius 2 is 2.06 bits per heavy atom. The molecule has 1 aromatic heterocycles. The van der Waals surface area contributed by atoms with Gasteiger partial charge in [-0.05, 0) is 61.5 Å². The van der Waals surface area contributed by atoms with E-state index in [2.05, 4.69) is 37.2 Å². The third-order valence-electron chi connectivity index (χ3n) is 2.23. The molecular formula is C12H9Br2NO2S. The lowest BCUT2D eigenvalue weighted by molar-refractivity contribution is 0.103. The van der Waals surface area contributed by atoms with Gasteiger partial charge in [-0.2, -0.15) is 0 Å². The molecule has 18 heavy (non-hydrogen) atoms. The summed E-state index contributed by atoms with van der Waals surface area (Å²) in [6.45, 7) is 0. The molecule has 2 rings (SSSR count). The monoisotopic (exact) mass is 389 g/mol. The van der Waals surface area contributed by atoms with E-state index >= 15 is 0 Å². The van der Waals surface area contributed by atoms with E-state index in [1.165, 1.54) is 11.3 Å². The minimum absolute atomic E-state index is 0.131. The Bertz CT molecular complexity index is 583. The van der Waals surface area contributed by atoms with Gasteiger partial charge < -0.3 is 10.1 Å². The molecule has 0 radical (unpaired) electrons. The molecule has 2 aromatic rings. The number of rotatable bonds is 3. The van der Waals surface area contributed by atoms with Crippen molar-refractivity contribution < 1.29 is 9.53 Å². The van der Waals surface area contributed by atoms with Gasteiger partial charge in [0, 0.05) is 10.2 Å². The second-order valence-corrected chi connectivity index (χ2v) is 6.03. The number of methoxy groups -OCH3 is 1.